The zero-order valence-corrected chi connectivity index (χ0v) is 19.5. The number of thiazole rings is 1. The van der Waals surface area contributed by atoms with Gasteiger partial charge in [-0.05, 0) is 31.0 Å². The number of methoxy groups -OCH3 is 4. The minimum Gasteiger partial charge on any atom is -0.497 e. The number of nitrogens with one attached hydrogen (secondary N) is 1. The second-order valence-electron chi connectivity index (χ2n) is 7.52. The number of hydrogen-bond acceptors (Lipinski definition) is 8. The average Bonchev–Trinajstić information content (AvgIpc) is 3.26. The number of rotatable bonds is 7. The molecular formula is C23H27N3O5S. The summed E-state index contributed by atoms with van der Waals surface area (Å²) >= 11 is 1.62. The Bertz CT molecular complexity index is 1090. The molecule has 1 amide bonds. The van der Waals surface area contributed by atoms with E-state index in [1.165, 1.54) is 0 Å². The molecule has 1 aliphatic rings. The highest BCUT2D eigenvalue weighted by Crippen LogP contribution is 2.40. The third kappa shape index (κ3) is 4.38. The van der Waals surface area contributed by atoms with Crippen molar-refractivity contribution >= 4 is 38.3 Å². The molecule has 32 heavy (non-hydrogen) atoms. The molecule has 1 N–H and O–H groups in total. The highest BCUT2D eigenvalue weighted by Gasteiger charge is 2.28. The molecular weight excluding hydrogens is 430 g/mol. The van der Waals surface area contributed by atoms with Gasteiger partial charge in [0.25, 0.3) is 0 Å². The van der Waals surface area contributed by atoms with Crippen molar-refractivity contribution in [3.63, 3.8) is 0 Å². The van der Waals surface area contributed by atoms with Crippen LogP contribution in [0.4, 0.5) is 10.8 Å². The first-order valence-corrected chi connectivity index (χ1v) is 11.2. The maximum Gasteiger partial charge on any atom is 0.229 e. The summed E-state index contributed by atoms with van der Waals surface area (Å²) in [5, 5.41) is 3.94. The maximum absolute atomic E-state index is 13.1. The van der Waals surface area contributed by atoms with Crippen LogP contribution in [-0.4, -0.2) is 52.4 Å². The quantitative estimate of drug-likeness (QED) is 0.570. The number of carbonyl (C=O) groups is 1. The number of piperidine rings is 1. The second-order valence-corrected chi connectivity index (χ2v) is 8.53. The van der Waals surface area contributed by atoms with Gasteiger partial charge in [0.05, 0.1) is 44.6 Å². The molecule has 0 saturated carbocycles. The molecule has 0 bridgehead atoms. The fourth-order valence-electron chi connectivity index (χ4n) is 3.92. The molecule has 3 aromatic rings. The van der Waals surface area contributed by atoms with Crippen molar-refractivity contribution in [1.29, 1.82) is 0 Å². The topological polar surface area (TPSA) is 82.2 Å². The summed E-state index contributed by atoms with van der Waals surface area (Å²) in [6, 6.07) is 9.35. The summed E-state index contributed by atoms with van der Waals surface area (Å²) in [5.41, 5.74) is 1.54. The van der Waals surface area contributed by atoms with E-state index in [0.717, 1.165) is 40.5 Å². The van der Waals surface area contributed by atoms with Gasteiger partial charge in [-0.15, -0.1) is 0 Å². The van der Waals surface area contributed by atoms with Crippen LogP contribution < -0.4 is 29.2 Å². The van der Waals surface area contributed by atoms with Gasteiger partial charge in [0.2, 0.25) is 11.7 Å². The fourth-order valence-corrected chi connectivity index (χ4v) is 4.95. The summed E-state index contributed by atoms with van der Waals surface area (Å²) in [6.45, 7) is 1.50. The lowest BCUT2D eigenvalue weighted by Crippen LogP contribution is -2.40. The zero-order valence-electron chi connectivity index (χ0n) is 18.6. The molecule has 1 fully saturated rings. The zero-order chi connectivity index (χ0) is 22.7. The molecule has 1 aliphatic heterocycles. The van der Waals surface area contributed by atoms with E-state index in [-0.39, 0.29) is 11.8 Å². The van der Waals surface area contributed by atoms with Gasteiger partial charge in [0.15, 0.2) is 16.6 Å². The maximum atomic E-state index is 13.1. The molecule has 170 valence electrons. The van der Waals surface area contributed by atoms with Crippen LogP contribution in [0.15, 0.2) is 30.3 Å². The third-order valence-corrected chi connectivity index (χ3v) is 6.66. The van der Waals surface area contributed by atoms with Crippen molar-refractivity contribution in [3.05, 3.63) is 30.3 Å². The van der Waals surface area contributed by atoms with Crippen molar-refractivity contribution in [2.45, 2.75) is 12.8 Å². The summed E-state index contributed by atoms with van der Waals surface area (Å²) in [6.07, 6.45) is 1.75. The average molecular weight is 458 g/mol. The minimum atomic E-state index is -0.149. The van der Waals surface area contributed by atoms with Crippen LogP contribution in [-0.2, 0) is 4.79 Å². The molecule has 1 saturated heterocycles. The lowest BCUT2D eigenvalue weighted by Gasteiger charge is -2.31. The largest absolute Gasteiger partial charge is 0.497 e. The van der Waals surface area contributed by atoms with Crippen LogP contribution >= 0.6 is 11.3 Å². The predicted molar refractivity (Wildman–Crippen MR) is 126 cm³/mol. The monoisotopic (exact) mass is 457 g/mol. The van der Waals surface area contributed by atoms with Gasteiger partial charge in [-0.3, -0.25) is 4.79 Å². The first-order chi connectivity index (χ1) is 15.6. The molecule has 1 unspecified atom stereocenters. The second kappa shape index (κ2) is 9.52. The Kier molecular flexibility index (Phi) is 6.55. The van der Waals surface area contributed by atoms with Gasteiger partial charge in [0.1, 0.15) is 5.75 Å². The number of aromatic nitrogens is 1. The number of fused-ring (bicyclic) bond motifs is 1. The molecule has 1 atom stereocenters. The van der Waals surface area contributed by atoms with Gasteiger partial charge in [0, 0.05) is 30.9 Å². The Labute approximate surface area is 191 Å². The van der Waals surface area contributed by atoms with E-state index in [0.29, 0.717) is 29.5 Å². The van der Waals surface area contributed by atoms with Crippen molar-refractivity contribution in [2.24, 2.45) is 5.92 Å². The number of hydrogen-bond donors (Lipinski definition) is 1. The fraction of sp³-hybridized carbons (Fsp3) is 0.391. The van der Waals surface area contributed by atoms with Gasteiger partial charge in [-0.2, -0.15) is 0 Å². The van der Waals surface area contributed by atoms with Gasteiger partial charge < -0.3 is 29.2 Å². The van der Waals surface area contributed by atoms with Crippen molar-refractivity contribution in [2.75, 3.05) is 51.7 Å². The van der Waals surface area contributed by atoms with Crippen LogP contribution in [0, 0.1) is 5.92 Å². The third-order valence-electron chi connectivity index (χ3n) is 5.58. The number of amides is 1. The molecule has 0 spiro atoms. The standard InChI is InChI=1S/C23H27N3O5S/c1-28-16-7-8-17-20(12-16)32-23(25-17)26-9-5-6-14(13-26)22(27)24-15-10-18(29-2)21(31-4)19(11-15)30-3/h7-8,10-12,14H,5-6,9,13H2,1-4H3,(H,24,27). The molecule has 9 heteroatoms. The molecule has 2 aromatic carbocycles. The number of ether oxygens (including phenoxy) is 4. The summed E-state index contributed by atoms with van der Waals surface area (Å²) in [5.74, 6) is 2.11. The van der Waals surface area contributed by atoms with Crippen molar-refractivity contribution in [3.8, 4) is 23.0 Å². The first kappa shape index (κ1) is 22.0. The molecule has 0 aliphatic carbocycles. The van der Waals surface area contributed by atoms with Gasteiger partial charge >= 0.3 is 0 Å². The summed E-state index contributed by atoms with van der Waals surface area (Å²) in [7, 11) is 6.31. The number of anilines is 2. The lowest BCUT2D eigenvalue weighted by molar-refractivity contribution is -0.120. The van der Waals surface area contributed by atoms with Crippen LogP contribution in [0.5, 0.6) is 23.0 Å². The Morgan fingerprint density at radius 2 is 1.81 bits per heavy atom. The Balaban J connectivity index is 1.49. The van der Waals surface area contributed by atoms with E-state index in [1.54, 1.807) is 51.9 Å². The summed E-state index contributed by atoms with van der Waals surface area (Å²) in [4.78, 5) is 20.0. The van der Waals surface area contributed by atoms with E-state index in [1.807, 2.05) is 18.2 Å². The van der Waals surface area contributed by atoms with Gasteiger partial charge in [-0.1, -0.05) is 11.3 Å². The van der Waals surface area contributed by atoms with E-state index in [9.17, 15) is 4.79 Å². The SMILES string of the molecule is COc1ccc2nc(N3CCCC(C(=O)Nc4cc(OC)c(OC)c(OC)c4)C3)sc2c1. The Hall–Kier alpha value is -3.20. The van der Waals surface area contributed by atoms with Crippen molar-refractivity contribution in [1.82, 2.24) is 4.98 Å². The Morgan fingerprint density at radius 1 is 1.06 bits per heavy atom. The van der Waals surface area contributed by atoms with Crippen molar-refractivity contribution < 1.29 is 23.7 Å². The molecule has 0 radical (unpaired) electrons. The lowest BCUT2D eigenvalue weighted by atomic mass is 9.97. The summed E-state index contributed by atoms with van der Waals surface area (Å²) < 4.78 is 22.5. The Morgan fingerprint density at radius 3 is 2.47 bits per heavy atom. The van der Waals surface area contributed by atoms with Gasteiger partial charge in [-0.25, -0.2) is 4.98 Å². The minimum absolute atomic E-state index is 0.0354. The number of benzene rings is 2. The number of carbonyl (C=O) groups excluding carboxylic acids is 1. The van der Waals surface area contributed by atoms with E-state index >= 15 is 0 Å². The highest BCUT2D eigenvalue weighted by atomic mass is 32.1. The molecule has 1 aromatic heterocycles. The molecule has 4 rings (SSSR count). The van der Waals surface area contributed by atoms with Crippen LogP contribution in [0.3, 0.4) is 0 Å². The van der Waals surface area contributed by atoms with E-state index in [4.69, 9.17) is 23.9 Å². The van der Waals surface area contributed by atoms with Crippen LogP contribution in [0.25, 0.3) is 10.2 Å². The number of nitrogens with zero attached hydrogens (tertiary/aromatic N) is 2. The molecule has 8 nitrogen and oxygen atoms in total. The smallest absolute Gasteiger partial charge is 0.229 e. The normalized spacial score (nSPS) is 16.0. The first-order valence-electron chi connectivity index (χ1n) is 10.4. The van der Waals surface area contributed by atoms with E-state index < -0.39 is 0 Å². The predicted octanol–water partition coefficient (Wildman–Crippen LogP) is 4.19. The van der Waals surface area contributed by atoms with Crippen LogP contribution in [0.2, 0.25) is 0 Å². The highest BCUT2D eigenvalue weighted by molar-refractivity contribution is 7.22. The van der Waals surface area contributed by atoms with Crippen LogP contribution in [0.1, 0.15) is 12.8 Å². The molecule has 2 heterocycles. The van der Waals surface area contributed by atoms with E-state index in [2.05, 4.69) is 10.2 Å².